The maximum absolute atomic E-state index is 12.2. The minimum absolute atomic E-state index is 0.421. The molecule has 1 aromatic carbocycles. The summed E-state index contributed by atoms with van der Waals surface area (Å²) >= 11 is 3.92. The van der Waals surface area contributed by atoms with Crippen LogP contribution in [-0.2, 0) is 16.3 Å². The number of alkyl halides is 3. The van der Waals surface area contributed by atoms with Crippen LogP contribution in [0.3, 0.4) is 0 Å². The number of hydrogen-bond acceptors (Lipinski definition) is 3. The molecule has 0 aromatic heterocycles. The first-order valence-electron chi connectivity index (χ1n) is 4.30. The Morgan fingerprint density at radius 2 is 1.88 bits per heavy atom. The van der Waals surface area contributed by atoms with Crippen LogP contribution in [0.25, 0.3) is 0 Å². The van der Waals surface area contributed by atoms with Gasteiger partial charge in [-0.1, -0.05) is 12.1 Å². The van der Waals surface area contributed by atoms with E-state index in [2.05, 4.69) is 12.6 Å². The van der Waals surface area contributed by atoms with Gasteiger partial charge in [0.2, 0.25) is 0 Å². The summed E-state index contributed by atoms with van der Waals surface area (Å²) < 4.78 is 58.8. The van der Waals surface area contributed by atoms with Crippen molar-refractivity contribution in [3.8, 4) is 0 Å². The summed E-state index contributed by atoms with van der Waals surface area (Å²) in [5, 5.41) is 0. The molecule has 0 saturated heterocycles. The summed E-state index contributed by atoms with van der Waals surface area (Å²) in [6.45, 7) is 0. The molecule has 0 unspecified atom stereocenters. The number of hydrogen-bond donors (Lipinski definition) is 1. The lowest BCUT2D eigenvalue weighted by molar-refractivity contribution is -0.0436. The molecule has 0 amide bonds. The topological polar surface area (TPSA) is 34.1 Å². The van der Waals surface area contributed by atoms with E-state index in [1.54, 1.807) is 6.07 Å². The number of sulfone groups is 1. The summed E-state index contributed by atoms with van der Waals surface area (Å²) in [5.74, 6) is 0.440. The highest BCUT2D eigenvalue weighted by Crippen LogP contribution is 2.30. The first-order valence-corrected chi connectivity index (χ1v) is 6.42. The lowest BCUT2D eigenvalue weighted by Crippen LogP contribution is -2.23. The van der Waals surface area contributed by atoms with Crippen molar-refractivity contribution in [2.45, 2.75) is 16.8 Å². The Morgan fingerprint density at radius 3 is 2.38 bits per heavy atom. The minimum Gasteiger partial charge on any atom is -0.214 e. The van der Waals surface area contributed by atoms with Crippen molar-refractivity contribution in [3.05, 3.63) is 29.8 Å². The SMILES string of the molecule is O=S(=O)(c1cccc(CCS)c1)C(F)(F)F. The third-order valence-corrected chi connectivity index (χ3v) is 3.62. The second-order valence-corrected chi connectivity index (χ2v) is 5.46. The summed E-state index contributed by atoms with van der Waals surface area (Å²) in [4.78, 5) is -0.723. The Bertz CT molecular complexity index is 466. The fourth-order valence-corrected chi connectivity index (χ4v) is 2.22. The zero-order valence-corrected chi connectivity index (χ0v) is 9.74. The standard InChI is InChI=1S/C9H9F3O2S2/c10-9(11,12)16(13,14)8-3-1-2-7(6-8)4-5-15/h1-3,6,15H,4-5H2. The predicted octanol–water partition coefficient (Wildman–Crippen LogP) is 2.45. The summed E-state index contributed by atoms with van der Waals surface area (Å²) in [6.07, 6.45) is 0.421. The molecule has 0 spiro atoms. The van der Waals surface area contributed by atoms with Crippen molar-refractivity contribution in [1.82, 2.24) is 0 Å². The van der Waals surface area contributed by atoms with Crippen LogP contribution in [0.1, 0.15) is 5.56 Å². The molecule has 0 N–H and O–H groups in total. The van der Waals surface area contributed by atoms with Gasteiger partial charge >= 0.3 is 5.51 Å². The van der Waals surface area contributed by atoms with Crippen LogP contribution in [0.4, 0.5) is 13.2 Å². The number of aryl methyl sites for hydroxylation is 1. The molecule has 0 aliphatic carbocycles. The Balaban J connectivity index is 3.20. The van der Waals surface area contributed by atoms with Gasteiger partial charge in [0.25, 0.3) is 9.84 Å². The fourth-order valence-electron chi connectivity index (χ4n) is 1.13. The molecule has 0 radical (unpaired) electrons. The molecule has 0 heterocycles. The van der Waals surface area contributed by atoms with Gasteiger partial charge in [0.05, 0.1) is 4.90 Å². The van der Waals surface area contributed by atoms with Gasteiger partial charge in [-0.3, -0.25) is 0 Å². The summed E-state index contributed by atoms with van der Waals surface area (Å²) in [7, 11) is -5.24. The normalized spacial score (nSPS) is 12.8. The molecule has 7 heteroatoms. The van der Waals surface area contributed by atoms with Crippen molar-refractivity contribution in [2.75, 3.05) is 5.75 Å². The van der Waals surface area contributed by atoms with Gasteiger partial charge in [-0.15, -0.1) is 0 Å². The van der Waals surface area contributed by atoms with Crippen LogP contribution in [0, 0.1) is 0 Å². The maximum Gasteiger partial charge on any atom is 0.501 e. The van der Waals surface area contributed by atoms with E-state index in [9.17, 15) is 21.6 Å². The van der Waals surface area contributed by atoms with Crippen LogP contribution in [0.15, 0.2) is 29.2 Å². The van der Waals surface area contributed by atoms with Gasteiger partial charge in [-0.2, -0.15) is 25.8 Å². The molecule has 1 aromatic rings. The lowest BCUT2D eigenvalue weighted by atomic mass is 10.2. The van der Waals surface area contributed by atoms with Gasteiger partial charge in [0.1, 0.15) is 0 Å². The fraction of sp³-hybridized carbons (Fsp3) is 0.333. The second kappa shape index (κ2) is 4.67. The molecule has 2 nitrogen and oxygen atoms in total. The zero-order chi connectivity index (χ0) is 12.4. The highest BCUT2D eigenvalue weighted by atomic mass is 32.2. The smallest absolute Gasteiger partial charge is 0.214 e. The third kappa shape index (κ3) is 2.70. The van der Waals surface area contributed by atoms with Crippen LogP contribution >= 0.6 is 12.6 Å². The number of rotatable bonds is 3. The van der Waals surface area contributed by atoms with E-state index in [0.29, 0.717) is 17.7 Å². The quantitative estimate of drug-likeness (QED) is 0.856. The molecular formula is C9H9F3O2S2. The van der Waals surface area contributed by atoms with Gasteiger partial charge in [0, 0.05) is 0 Å². The van der Waals surface area contributed by atoms with E-state index in [0.717, 1.165) is 12.1 Å². The summed E-state index contributed by atoms with van der Waals surface area (Å²) in [6, 6.07) is 4.81. The van der Waals surface area contributed by atoms with Crippen molar-refractivity contribution in [2.24, 2.45) is 0 Å². The van der Waals surface area contributed by atoms with Crippen LogP contribution < -0.4 is 0 Å². The predicted molar refractivity (Wildman–Crippen MR) is 57.2 cm³/mol. The van der Waals surface area contributed by atoms with Gasteiger partial charge in [-0.25, -0.2) is 8.42 Å². The van der Waals surface area contributed by atoms with Gasteiger partial charge in [0.15, 0.2) is 0 Å². The minimum atomic E-state index is -5.26. The molecular weight excluding hydrogens is 261 g/mol. The van der Waals surface area contributed by atoms with E-state index < -0.39 is 20.2 Å². The Labute approximate surface area is 96.8 Å². The highest BCUT2D eigenvalue weighted by molar-refractivity contribution is 7.92. The van der Waals surface area contributed by atoms with Gasteiger partial charge < -0.3 is 0 Å². The van der Waals surface area contributed by atoms with E-state index in [-0.39, 0.29) is 0 Å². The molecule has 0 atom stereocenters. The number of thiol groups is 1. The number of halogens is 3. The average Bonchev–Trinajstić information content (AvgIpc) is 2.17. The van der Waals surface area contributed by atoms with E-state index >= 15 is 0 Å². The molecule has 0 bridgehead atoms. The zero-order valence-electron chi connectivity index (χ0n) is 8.03. The molecule has 0 saturated carbocycles. The average molecular weight is 270 g/mol. The number of benzene rings is 1. The van der Waals surface area contributed by atoms with Gasteiger partial charge in [-0.05, 0) is 29.9 Å². The third-order valence-electron chi connectivity index (χ3n) is 1.91. The van der Waals surface area contributed by atoms with E-state index in [4.69, 9.17) is 0 Å². The van der Waals surface area contributed by atoms with Crippen molar-refractivity contribution in [1.29, 1.82) is 0 Å². The lowest BCUT2D eigenvalue weighted by Gasteiger charge is -2.08. The van der Waals surface area contributed by atoms with Crippen LogP contribution in [-0.4, -0.2) is 19.7 Å². The molecule has 90 valence electrons. The van der Waals surface area contributed by atoms with Crippen molar-refractivity contribution < 1.29 is 21.6 Å². The first-order chi connectivity index (χ1) is 7.29. The Morgan fingerprint density at radius 1 is 1.25 bits per heavy atom. The van der Waals surface area contributed by atoms with E-state index in [1.165, 1.54) is 6.07 Å². The maximum atomic E-state index is 12.2. The second-order valence-electron chi connectivity index (χ2n) is 3.07. The Kier molecular flexibility index (Phi) is 3.90. The molecule has 16 heavy (non-hydrogen) atoms. The summed E-state index contributed by atoms with van der Waals surface area (Å²) in [5.41, 5.74) is -4.74. The molecule has 1 rings (SSSR count). The molecule has 0 aliphatic heterocycles. The molecule has 0 fully saturated rings. The van der Waals surface area contributed by atoms with Crippen molar-refractivity contribution in [3.63, 3.8) is 0 Å². The monoisotopic (exact) mass is 270 g/mol. The van der Waals surface area contributed by atoms with E-state index in [1.807, 2.05) is 0 Å². The first kappa shape index (κ1) is 13.4. The Hall–Kier alpha value is -0.690. The molecule has 0 aliphatic rings. The highest BCUT2D eigenvalue weighted by Gasteiger charge is 2.46. The van der Waals surface area contributed by atoms with Crippen LogP contribution in [0.2, 0.25) is 0 Å². The largest absolute Gasteiger partial charge is 0.501 e. The van der Waals surface area contributed by atoms with Crippen LogP contribution in [0.5, 0.6) is 0 Å². The van der Waals surface area contributed by atoms with Crippen molar-refractivity contribution >= 4 is 22.5 Å².